The maximum Gasteiger partial charge on any atom is 0.320 e. The number of rotatable bonds is 7. The van der Waals surface area contributed by atoms with Crippen LogP contribution in [0.3, 0.4) is 0 Å². The molecule has 3 nitrogen and oxygen atoms in total. The van der Waals surface area contributed by atoms with Gasteiger partial charge in [-0.1, -0.05) is 31.9 Å². The zero-order chi connectivity index (χ0) is 14.5. The second-order valence-electron chi connectivity index (χ2n) is 5.62. The minimum Gasteiger partial charge on any atom is -0.480 e. The summed E-state index contributed by atoms with van der Waals surface area (Å²) in [6.07, 6.45) is 4.49. The summed E-state index contributed by atoms with van der Waals surface area (Å²) in [5, 5.41) is 12.4. The molecular formula is C16H22FNO2. The summed E-state index contributed by atoms with van der Waals surface area (Å²) in [5.41, 5.74) is 1.14. The third-order valence-corrected chi connectivity index (χ3v) is 4.06. The van der Waals surface area contributed by atoms with Crippen LogP contribution in [-0.4, -0.2) is 23.2 Å². The standard InChI is InChI=1S/C16H22FNO2/c1-2-3-4-15(16(19)20)18-14-9-12(10-14)11-5-7-13(17)8-6-11/h5-8,12,14-15,18H,2-4,9-10H2,1H3,(H,19,20). The largest absolute Gasteiger partial charge is 0.480 e. The maximum absolute atomic E-state index is 12.9. The van der Waals surface area contributed by atoms with Gasteiger partial charge in [0.2, 0.25) is 0 Å². The first kappa shape index (κ1) is 15.0. The summed E-state index contributed by atoms with van der Waals surface area (Å²) < 4.78 is 12.9. The van der Waals surface area contributed by atoms with Crippen LogP contribution in [0, 0.1) is 5.82 Å². The van der Waals surface area contributed by atoms with Crippen molar-refractivity contribution >= 4 is 5.97 Å². The molecule has 0 heterocycles. The van der Waals surface area contributed by atoms with Crippen LogP contribution in [0.15, 0.2) is 24.3 Å². The average molecular weight is 279 g/mol. The fourth-order valence-electron chi connectivity index (χ4n) is 2.73. The molecular weight excluding hydrogens is 257 g/mol. The molecule has 1 unspecified atom stereocenters. The molecule has 0 aromatic heterocycles. The molecule has 2 rings (SSSR count). The molecule has 0 spiro atoms. The van der Waals surface area contributed by atoms with Crippen LogP contribution in [0.1, 0.15) is 50.5 Å². The van der Waals surface area contributed by atoms with E-state index in [2.05, 4.69) is 12.2 Å². The van der Waals surface area contributed by atoms with Crippen molar-refractivity contribution in [2.24, 2.45) is 0 Å². The SMILES string of the molecule is CCCCC(NC1CC(c2ccc(F)cc2)C1)C(=O)O. The first-order valence-corrected chi connectivity index (χ1v) is 7.34. The molecule has 110 valence electrons. The van der Waals surface area contributed by atoms with E-state index >= 15 is 0 Å². The normalized spacial score (nSPS) is 23.1. The molecule has 20 heavy (non-hydrogen) atoms. The molecule has 1 aliphatic rings. The van der Waals surface area contributed by atoms with Crippen molar-refractivity contribution in [3.63, 3.8) is 0 Å². The highest BCUT2D eigenvalue weighted by molar-refractivity contribution is 5.73. The van der Waals surface area contributed by atoms with Crippen LogP contribution >= 0.6 is 0 Å². The van der Waals surface area contributed by atoms with Gasteiger partial charge in [-0.05, 0) is 42.9 Å². The third-order valence-electron chi connectivity index (χ3n) is 4.06. The van der Waals surface area contributed by atoms with Crippen LogP contribution in [0.5, 0.6) is 0 Å². The molecule has 0 bridgehead atoms. The Bertz CT molecular complexity index is 440. The van der Waals surface area contributed by atoms with Gasteiger partial charge in [0.15, 0.2) is 0 Å². The van der Waals surface area contributed by atoms with Crippen molar-refractivity contribution in [1.82, 2.24) is 5.32 Å². The fourth-order valence-corrected chi connectivity index (χ4v) is 2.73. The topological polar surface area (TPSA) is 49.3 Å². The predicted octanol–water partition coefficient (Wildman–Crippen LogP) is 3.30. The Morgan fingerprint density at radius 3 is 2.60 bits per heavy atom. The van der Waals surface area contributed by atoms with Gasteiger partial charge in [0.05, 0.1) is 0 Å². The highest BCUT2D eigenvalue weighted by Gasteiger charge is 2.33. The lowest BCUT2D eigenvalue weighted by Crippen LogP contribution is -2.48. The molecule has 1 atom stereocenters. The van der Waals surface area contributed by atoms with Gasteiger partial charge in [-0.3, -0.25) is 4.79 Å². The van der Waals surface area contributed by atoms with E-state index in [1.807, 2.05) is 12.1 Å². The minimum atomic E-state index is -0.760. The summed E-state index contributed by atoms with van der Waals surface area (Å²) in [4.78, 5) is 11.2. The second-order valence-corrected chi connectivity index (χ2v) is 5.62. The number of aliphatic carboxylic acids is 1. The van der Waals surface area contributed by atoms with E-state index in [1.54, 1.807) is 0 Å². The molecule has 0 radical (unpaired) electrons. The molecule has 0 amide bonds. The summed E-state index contributed by atoms with van der Waals surface area (Å²) in [6.45, 7) is 2.06. The molecule has 1 aliphatic carbocycles. The van der Waals surface area contributed by atoms with Crippen molar-refractivity contribution in [2.45, 2.75) is 57.0 Å². The monoisotopic (exact) mass is 279 g/mol. The van der Waals surface area contributed by atoms with Gasteiger partial charge in [-0.15, -0.1) is 0 Å². The molecule has 0 saturated heterocycles. The lowest BCUT2D eigenvalue weighted by Gasteiger charge is -2.38. The van der Waals surface area contributed by atoms with E-state index in [9.17, 15) is 14.3 Å². The summed E-state index contributed by atoms with van der Waals surface area (Å²) in [6, 6.07) is 6.44. The highest BCUT2D eigenvalue weighted by Crippen LogP contribution is 2.37. The van der Waals surface area contributed by atoms with Gasteiger partial charge in [-0.2, -0.15) is 0 Å². The van der Waals surface area contributed by atoms with Gasteiger partial charge >= 0.3 is 5.97 Å². The number of halogens is 1. The summed E-state index contributed by atoms with van der Waals surface area (Å²) >= 11 is 0. The van der Waals surface area contributed by atoms with Crippen LogP contribution < -0.4 is 5.32 Å². The lowest BCUT2D eigenvalue weighted by atomic mass is 9.75. The van der Waals surface area contributed by atoms with E-state index in [-0.39, 0.29) is 11.9 Å². The Morgan fingerprint density at radius 1 is 1.40 bits per heavy atom. The third kappa shape index (κ3) is 3.79. The zero-order valence-electron chi connectivity index (χ0n) is 11.8. The number of nitrogens with one attached hydrogen (secondary N) is 1. The van der Waals surface area contributed by atoms with Gasteiger partial charge in [0.1, 0.15) is 11.9 Å². The molecule has 2 N–H and O–H groups in total. The van der Waals surface area contributed by atoms with Crippen molar-refractivity contribution in [1.29, 1.82) is 0 Å². The molecule has 1 saturated carbocycles. The van der Waals surface area contributed by atoms with E-state index in [1.165, 1.54) is 12.1 Å². The quantitative estimate of drug-likeness (QED) is 0.805. The first-order chi connectivity index (χ1) is 9.60. The Labute approximate surface area is 119 Å². The van der Waals surface area contributed by atoms with Crippen LogP contribution in [-0.2, 0) is 4.79 Å². The highest BCUT2D eigenvalue weighted by atomic mass is 19.1. The number of benzene rings is 1. The number of carboxylic acids is 1. The average Bonchev–Trinajstić information content (AvgIpc) is 2.38. The van der Waals surface area contributed by atoms with Gasteiger partial charge in [0, 0.05) is 6.04 Å². The van der Waals surface area contributed by atoms with Gasteiger partial charge in [-0.25, -0.2) is 4.39 Å². The molecule has 4 heteroatoms. The number of carbonyl (C=O) groups is 1. The lowest BCUT2D eigenvalue weighted by molar-refractivity contribution is -0.140. The van der Waals surface area contributed by atoms with E-state index in [4.69, 9.17) is 0 Å². The van der Waals surface area contributed by atoms with Crippen molar-refractivity contribution in [2.75, 3.05) is 0 Å². The number of hydrogen-bond donors (Lipinski definition) is 2. The predicted molar refractivity (Wildman–Crippen MR) is 76.2 cm³/mol. The fraction of sp³-hybridized carbons (Fsp3) is 0.562. The van der Waals surface area contributed by atoms with Crippen LogP contribution in [0.25, 0.3) is 0 Å². The minimum absolute atomic E-state index is 0.215. The molecule has 1 aromatic carbocycles. The number of carboxylic acid groups (broad SMARTS) is 1. The molecule has 0 aliphatic heterocycles. The second kappa shape index (κ2) is 6.84. The zero-order valence-corrected chi connectivity index (χ0v) is 11.8. The Kier molecular flexibility index (Phi) is 5.12. The Hall–Kier alpha value is -1.42. The smallest absolute Gasteiger partial charge is 0.320 e. The van der Waals surface area contributed by atoms with Gasteiger partial charge in [0.25, 0.3) is 0 Å². The van der Waals surface area contributed by atoms with Crippen molar-refractivity contribution < 1.29 is 14.3 Å². The first-order valence-electron chi connectivity index (χ1n) is 7.34. The molecule has 1 aromatic rings. The van der Waals surface area contributed by atoms with Crippen molar-refractivity contribution in [3.8, 4) is 0 Å². The summed E-state index contributed by atoms with van der Waals surface area (Å²) in [5.74, 6) is -0.550. The molecule has 1 fully saturated rings. The van der Waals surface area contributed by atoms with Crippen LogP contribution in [0.2, 0.25) is 0 Å². The number of unbranched alkanes of at least 4 members (excludes halogenated alkanes) is 1. The van der Waals surface area contributed by atoms with Crippen LogP contribution in [0.4, 0.5) is 4.39 Å². The summed E-state index contributed by atoms with van der Waals surface area (Å²) in [7, 11) is 0. The number of hydrogen-bond acceptors (Lipinski definition) is 2. The Balaban J connectivity index is 1.80. The van der Waals surface area contributed by atoms with E-state index in [0.717, 1.165) is 31.2 Å². The van der Waals surface area contributed by atoms with Crippen molar-refractivity contribution in [3.05, 3.63) is 35.6 Å². The maximum atomic E-state index is 12.9. The van der Waals surface area contributed by atoms with E-state index < -0.39 is 12.0 Å². The van der Waals surface area contributed by atoms with Gasteiger partial charge < -0.3 is 10.4 Å². The Morgan fingerprint density at radius 2 is 2.05 bits per heavy atom. The van der Waals surface area contributed by atoms with E-state index in [0.29, 0.717) is 12.3 Å².